The fourth-order valence-electron chi connectivity index (χ4n) is 3.07. The molecule has 0 radical (unpaired) electrons. The number of ether oxygens (including phenoxy) is 1. The highest BCUT2D eigenvalue weighted by Crippen LogP contribution is 2.75. The van der Waals surface area contributed by atoms with Crippen molar-refractivity contribution < 1.29 is 9.53 Å². The largest absolute Gasteiger partial charge is 0.463 e. The van der Waals surface area contributed by atoms with E-state index in [1.165, 1.54) is 25.7 Å². The van der Waals surface area contributed by atoms with E-state index in [-0.39, 0.29) is 5.97 Å². The van der Waals surface area contributed by atoms with Gasteiger partial charge in [0.05, 0.1) is 6.61 Å². The summed E-state index contributed by atoms with van der Waals surface area (Å²) in [5.74, 6) is -0.192. The molecule has 3 rings (SSSR count). The Kier molecular flexibility index (Phi) is 2.17. The van der Waals surface area contributed by atoms with Crippen molar-refractivity contribution in [3.63, 3.8) is 0 Å². The van der Waals surface area contributed by atoms with Crippen molar-refractivity contribution in [3.8, 4) is 0 Å². The van der Waals surface area contributed by atoms with Crippen molar-refractivity contribution >= 4 is 5.97 Å². The Labute approximate surface area is 85.3 Å². The Morgan fingerprint density at radius 1 is 1.36 bits per heavy atom. The van der Waals surface area contributed by atoms with Crippen LogP contribution in [0.25, 0.3) is 0 Å². The van der Waals surface area contributed by atoms with Gasteiger partial charge in [0.2, 0.25) is 0 Å². The van der Waals surface area contributed by atoms with Crippen molar-refractivity contribution in [2.45, 2.75) is 39.5 Å². The van der Waals surface area contributed by atoms with Gasteiger partial charge in [0, 0.05) is 6.08 Å². The van der Waals surface area contributed by atoms with Crippen molar-refractivity contribution in [3.05, 3.63) is 12.2 Å². The second-order valence-corrected chi connectivity index (χ2v) is 4.83. The van der Waals surface area contributed by atoms with E-state index in [0.29, 0.717) is 17.4 Å². The van der Waals surface area contributed by atoms with Crippen LogP contribution in [0.4, 0.5) is 0 Å². The molecule has 0 aromatic rings. The SMILES string of the molecule is CCOC(=O)/C=C/C12CC(CC)(C1)C2. The highest BCUT2D eigenvalue weighted by atomic mass is 16.5. The van der Waals surface area contributed by atoms with E-state index >= 15 is 0 Å². The second kappa shape index (κ2) is 3.11. The Balaban J connectivity index is 1.81. The summed E-state index contributed by atoms with van der Waals surface area (Å²) in [6, 6.07) is 0. The lowest BCUT2D eigenvalue weighted by atomic mass is 9.34. The van der Waals surface area contributed by atoms with Crippen LogP contribution >= 0.6 is 0 Å². The van der Waals surface area contributed by atoms with Gasteiger partial charge in [-0.15, -0.1) is 0 Å². The highest BCUT2D eigenvalue weighted by molar-refractivity contribution is 5.82. The zero-order valence-corrected chi connectivity index (χ0v) is 9.01. The third-order valence-corrected chi connectivity index (χ3v) is 3.79. The van der Waals surface area contributed by atoms with E-state index in [1.54, 1.807) is 6.08 Å². The molecule has 0 aliphatic heterocycles. The van der Waals surface area contributed by atoms with Gasteiger partial charge >= 0.3 is 5.97 Å². The lowest BCUT2D eigenvalue weighted by molar-refractivity contribution is -0.171. The summed E-state index contributed by atoms with van der Waals surface area (Å²) < 4.78 is 4.85. The molecule has 3 saturated carbocycles. The summed E-state index contributed by atoms with van der Waals surface area (Å²) >= 11 is 0. The summed E-state index contributed by atoms with van der Waals surface area (Å²) in [4.78, 5) is 11.1. The molecule has 2 heteroatoms. The minimum Gasteiger partial charge on any atom is -0.463 e. The number of carbonyl (C=O) groups is 1. The maximum absolute atomic E-state index is 11.1. The van der Waals surface area contributed by atoms with Crippen molar-refractivity contribution in [1.29, 1.82) is 0 Å². The van der Waals surface area contributed by atoms with Crippen molar-refractivity contribution in [2.75, 3.05) is 6.61 Å². The third kappa shape index (κ3) is 1.37. The first-order chi connectivity index (χ1) is 6.64. The van der Waals surface area contributed by atoms with Crippen LogP contribution in [0, 0.1) is 10.8 Å². The van der Waals surface area contributed by atoms with E-state index in [4.69, 9.17) is 4.74 Å². The van der Waals surface area contributed by atoms with Gasteiger partial charge < -0.3 is 4.74 Å². The number of allylic oxidation sites excluding steroid dienone is 1. The predicted octanol–water partition coefficient (Wildman–Crippen LogP) is 2.69. The molecular weight excluding hydrogens is 176 g/mol. The average Bonchev–Trinajstić information content (AvgIpc) is 2.00. The average molecular weight is 194 g/mol. The molecule has 2 nitrogen and oxygen atoms in total. The van der Waals surface area contributed by atoms with Crippen LogP contribution in [0.2, 0.25) is 0 Å². The van der Waals surface area contributed by atoms with E-state index in [2.05, 4.69) is 13.0 Å². The molecule has 0 saturated heterocycles. The first-order valence-corrected chi connectivity index (χ1v) is 5.50. The van der Waals surface area contributed by atoms with E-state index in [0.717, 1.165) is 0 Å². The van der Waals surface area contributed by atoms with Gasteiger partial charge in [0.1, 0.15) is 0 Å². The molecule has 0 unspecified atom stereocenters. The normalized spacial score (nSPS) is 39.0. The van der Waals surface area contributed by atoms with Crippen LogP contribution in [-0.4, -0.2) is 12.6 Å². The monoisotopic (exact) mass is 194 g/mol. The molecule has 78 valence electrons. The molecule has 3 aliphatic carbocycles. The smallest absolute Gasteiger partial charge is 0.330 e. The molecular formula is C12H18O2. The zero-order chi connectivity index (χ0) is 10.2. The minimum absolute atomic E-state index is 0.192. The number of rotatable bonds is 4. The lowest BCUT2D eigenvalue weighted by Crippen LogP contribution is -2.60. The first kappa shape index (κ1) is 9.75. The van der Waals surface area contributed by atoms with Gasteiger partial charge in [-0.25, -0.2) is 4.79 Å². The minimum atomic E-state index is -0.192. The Morgan fingerprint density at radius 2 is 2.00 bits per heavy atom. The fourth-order valence-corrected chi connectivity index (χ4v) is 3.07. The number of esters is 1. The maximum Gasteiger partial charge on any atom is 0.330 e. The highest BCUT2D eigenvalue weighted by Gasteiger charge is 2.64. The summed E-state index contributed by atoms with van der Waals surface area (Å²) in [5.41, 5.74) is 1.03. The van der Waals surface area contributed by atoms with Gasteiger partial charge in [0.15, 0.2) is 0 Å². The van der Waals surface area contributed by atoms with Gasteiger partial charge in [-0.05, 0) is 37.0 Å². The quantitative estimate of drug-likeness (QED) is 0.508. The standard InChI is InChI=1S/C12H18O2/c1-3-11-7-12(8-11,9-11)6-5-10(13)14-4-2/h5-6H,3-4,7-9H2,1-2H3/b6-5+. The summed E-state index contributed by atoms with van der Waals surface area (Å²) in [6.07, 6.45) is 8.83. The van der Waals surface area contributed by atoms with Crippen molar-refractivity contribution in [2.24, 2.45) is 10.8 Å². The molecule has 0 spiro atoms. The molecule has 0 heterocycles. The molecule has 0 N–H and O–H groups in total. The Hall–Kier alpha value is -0.790. The number of carbonyl (C=O) groups excluding carboxylic acids is 1. The van der Waals surface area contributed by atoms with Crippen LogP contribution < -0.4 is 0 Å². The fraction of sp³-hybridized carbons (Fsp3) is 0.750. The number of hydrogen-bond acceptors (Lipinski definition) is 2. The van der Waals surface area contributed by atoms with Crippen LogP contribution in [0.3, 0.4) is 0 Å². The van der Waals surface area contributed by atoms with Gasteiger partial charge in [-0.1, -0.05) is 19.4 Å². The molecule has 2 bridgehead atoms. The molecule has 0 atom stereocenters. The molecule has 14 heavy (non-hydrogen) atoms. The zero-order valence-electron chi connectivity index (χ0n) is 9.01. The predicted molar refractivity (Wildman–Crippen MR) is 54.8 cm³/mol. The van der Waals surface area contributed by atoms with Gasteiger partial charge in [-0.2, -0.15) is 0 Å². The second-order valence-electron chi connectivity index (χ2n) is 4.83. The number of hydrogen-bond donors (Lipinski definition) is 0. The lowest BCUT2D eigenvalue weighted by Gasteiger charge is -2.70. The molecule has 0 aromatic heterocycles. The third-order valence-electron chi connectivity index (χ3n) is 3.79. The van der Waals surface area contributed by atoms with Crippen LogP contribution in [-0.2, 0) is 9.53 Å². The first-order valence-electron chi connectivity index (χ1n) is 5.50. The van der Waals surface area contributed by atoms with Crippen LogP contribution in [0.15, 0.2) is 12.2 Å². The Bertz CT molecular complexity index is 258. The summed E-state index contributed by atoms with van der Waals surface area (Å²) in [6.45, 7) is 4.56. The summed E-state index contributed by atoms with van der Waals surface area (Å²) in [5, 5.41) is 0. The van der Waals surface area contributed by atoms with Crippen LogP contribution in [0.1, 0.15) is 39.5 Å². The van der Waals surface area contributed by atoms with Gasteiger partial charge in [-0.3, -0.25) is 0 Å². The summed E-state index contributed by atoms with van der Waals surface area (Å²) in [7, 11) is 0. The molecule has 0 aromatic carbocycles. The Morgan fingerprint density at radius 3 is 2.50 bits per heavy atom. The van der Waals surface area contributed by atoms with Crippen molar-refractivity contribution in [1.82, 2.24) is 0 Å². The topological polar surface area (TPSA) is 26.3 Å². The molecule has 3 fully saturated rings. The van der Waals surface area contributed by atoms with Gasteiger partial charge in [0.25, 0.3) is 0 Å². The maximum atomic E-state index is 11.1. The molecule has 0 amide bonds. The van der Waals surface area contributed by atoms with E-state index in [1.807, 2.05) is 6.92 Å². The van der Waals surface area contributed by atoms with E-state index < -0.39 is 0 Å². The van der Waals surface area contributed by atoms with E-state index in [9.17, 15) is 4.79 Å². The molecule has 3 aliphatic rings. The van der Waals surface area contributed by atoms with Crippen LogP contribution in [0.5, 0.6) is 0 Å².